The fourth-order valence-corrected chi connectivity index (χ4v) is 3.71. The molecule has 1 aromatic carbocycles. The molecule has 0 bridgehead atoms. The maximum Gasteiger partial charge on any atom is 0.433 e. The molecule has 1 aliphatic rings. The lowest BCUT2D eigenvalue weighted by molar-refractivity contribution is -0.137. The van der Waals surface area contributed by atoms with E-state index in [4.69, 9.17) is 10.1 Å². The summed E-state index contributed by atoms with van der Waals surface area (Å²) >= 11 is 0. The Morgan fingerprint density at radius 1 is 1.11 bits per heavy atom. The Morgan fingerprint density at radius 3 is 2.36 bits per heavy atom. The number of alkyl halides is 6. The van der Waals surface area contributed by atoms with Crippen molar-refractivity contribution in [2.24, 2.45) is 0 Å². The van der Waals surface area contributed by atoms with Gasteiger partial charge in [-0.2, -0.15) is 26.3 Å². The van der Waals surface area contributed by atoms with E-state index < -0.39 is 35.1 Å². The summed E-state index contributed by atoms with van der Waals surface area (Å²) in [5.74, 6) is -0.509. The quantitative estimate of drug-likeness (QED) is 0.253. The molecule has 1 aromatic heterocycles. The number of rotatable bonds is 6. The third-order valence-electron chi connectivity index (χ3n) is 5.56. The van der Waals surface area contributed by atoms with Crippen LogP contribution in [0.15, 0.2) is 59.8 Å². The van der Waals surface area contributed by atoms with Gasteiger partial charge in [-0.1, -0.05) is 29.9 Å². The number of carbonyl (C=O) groups is 1. The van der Waals surface area contributed by atoms with Gasteiger partial charge in [-0.15, -0.1) is 0 Å². The van der Waals surface area contributed by atoms with Crippen LogP contribution in [-0.4, -0.2) is 28.8 Å². The predicted molar refractivity (Wildman–Crippen MR) is 122 cm³/mol. The molecule has 192 valence electrons. The van der Waals surface area contributed by atoms with Gasteiger partial charge >= 0.3 is 12.4 Å². The molecule has 2 N–H and O–H groups in total. The minimum Gasteiger partial charge on any atom is -0.439 e. The standard InChI is InChI=1S/C25H23F6N3O2/c1-2-20(22(32)25(29,30)31)23(35)34-18-9-6-15(7-10-18)12-16-4-3-5-19(13-16)36-21-11-8-17(14-33-21)24(26,27)28/h2-5,8,11-14,18,32H,6-7,9-10H2,1H3,(H,34,35). The Labute approximate surface area is 203 Å². The molecule has 0 saturated heterocycles. The number of nitrogens with zero attached hydrogens (tertiary/aromatic N) is 1. The molecular formula is C25H23F6N3O2. The minimum atomic E-state index is -4.90. The molecule has 1 fully saturated rings. The maximum absolute atomic E-state index is 12.8. The number of benzene rings is 1. The SMILES string of the molecule is CC=C(C(=N)C(F)(F)F)C(=O)NC1CCC(=Cc2cccc(Oc3ccc(C(F)(F)F)cn3)c2)CC1. The molecular weight excluding hydrogens is 488 g/mol. The van der Waals surface area contributed by atoms with Gasteiger partial charge in [-0.05, 0) is 56.4 Å². The fraction of sp³-hybridized carbons (Fsp3) is 0.320. The highest BCUT2D eigenvalue weighted by Crippen LogP contribution is 2.31. The highest BCUT2D eigenvalue weighted by atomic mass is 19.4. The van der Waals surface area contributed by atoms with Crippen LogP contribution in [0.5, 0.6) is 11.6 Å². The Balaban J connectivity index is 1.58. The molecule has 2 aromatic rings. The summed E-state index contributed by atoms with van der Waals surface area (Å²) in [6.07, 6.45) is -3.50. The third-order valence-corrected chi connectivity index (χ3v) is 5.56. The first-order valence-electron chi connectivity index (χ1n) is 11.0. The van der Waals surface area contributed by atoms with E-state index in [1.165, 1.54) is 6.92 Å². The van der Waals surface area contributed by atoms with Crippen molar-refractivity contribution in [2.45, 2.75) is 51.0 Å². The number of allylic oxidation sites excluding steroid dienone is 2. The Kier molecular flexibility index (Phi) is 8.21. The number of hydrogen-bond donors (Lipinski definition) is 2. The second-order valence-electron chi connectivity index (χ2n) is 8.18. The van der Waals surface area contributed by atoms with E-state index in [1.54, 1.807) is 18.2 Å². The van der Waals surface area contributed by atoms with Gasteiger partial charge in [0.05, 0.1) is 11.1 Å². The van der Waals surface area contributed by atoms with Gasteiger partial charge in [-0.25, -0.2) is 4.98 Å². The lowest BCUT2D eigenvalue weighted by Crippen LogP contribution is -2.40. The number of pyridine rings is 1. The van der Waals surface area contributed by atoms with E-state index in [0.717, 1.165) is 29.3 Å². The summed E-state index contributed by atoms with van der Waals surface area (Å²) in [5.41, 5.74) is -1.39. The van der Waals surface area contributed by atoms with Crippen LogP contribution >= 0.6 is 0 Å². The van der Waals surface area contributed by atoms with Crippen LogP contribution in [0, 0.1) is 5.41 Å². The number of ether oxygens (including phenoxy) is 1. The molecule has 0 atom stereocenters. The van der Waals surface area contributed by atoms with Gasteiger partial charge < -0.3 is 10.1 Å². The Hall–Kier alpha value is -3.63. The van der Waals surface area contributed by atoms with E-state index in [-0.39, 0.29) is 11.9 Å². The normalized spacial score (nSPS) is 16.9. The van der Waals surface area contributed by atoms with Crippen molar-refractivity contribution in [1.29, 1.82) is 5.41 Å². The first-order chi connectivity index (χ1) is 16.9. The van der Waals surface area contributed by atoms with Gasteiger partial charge in [0.15, 0.2) is 0 Å². The topological polar surface area (TPSA) is 75.1 Å². The second kappa shape index (κ2) is 11.0. The first kappa shape index (κ1) is 27.0. The molecule has 3 rings (SSSR count). The molecule has 0 radical (unpaired) electrons. The zero-order chi connectivity index (χ0) is 26.5. The monoisotopic (exact) mass is 511 g/mol. The van der Waals surface area contributed by atoms with Crippen LogP contribution in [0.4, 0.5) is 26.3 Å². The zero-order valence-corrected chi connectivity index (χ0v) is 19.1. The third kappa shape index (κ3) is 7.19. The second-order valence-corrected chi connectivity index (χ2v) is 8.18. The molecule has 0 spiro atoms. The van der Waals surface area contributed by atoms with Crippen LogP contribution in [0.25, 0.3) is 6.08 Å². The molecule has 11 heteroatoms. The van der Waals surface area contributed by atoms with Gasteiger partial charge in [0.25, 0.3) is 5.91 Å². The molecule has 1 saturated carbocycles. The van der Waals surface area contributed by atoms with Gasteiger partial charge in [0.1, 0.15) is 11.5 Å². The van der Waals surface area contributed by atoms with Crippen LogP contribution in [0.1, 0.15) is 43.7 Å². The molecule has 36 heavy (non-hydrogen) atoms. The number of amides is 1. The van der Waals surface area contributed by atoms with Crippen molar-refractivity contribution < 1.29 is 35.9 Å². The summed E-state index contributed by atoms with van der Waals surface area (Å²) in [6, 6.07) is 8.62. The van der Waals surface area contributed by atoms with E-state index in [9.17, 15) is 31.1 Å². The number of carbonyl (C=O) groups excluding carboxylic acids is 1. The number of hydrogen-bond acceptors (Lipinski definition) is 4. The van der Waals surface area contributed by atoms with Gasteiger partial charge in [-0.3, -0.25) is 10.2 Å². The maximum atomic E-state index is 12.8. The number of nitrogens with one attached hydrogen (secondary N) is 2. The molecule has 1 aliphatic carbocycles. The summed E-state index contributed by atoms with van der Waals surface area (Å²) in [6.45, 7) is 1.28. The fourth-order valence-electron chi connectivity index (χ4n) is 3.71. The Bertz CT molecular complexity index is 1160. The van der Waals surface area contributed by atoms with E-state index in [0.29, 0.717) is 37.6 Å². The van der Waals surface area contributed by atoms with E-state index in [2.05, 4.69) is 10.3 Å². The number of halogens is 6. The van der Waals surface area contributed by atoms with Crippen LogP contribution in [0.2, 0.25) is 0 Å². The van der Waals surface area contributed by atoms with E-state index in [1.807, 2.05) is 12.1 Å². The lowest BCUT2D eigenvalue weighted by Gasteiger charge is -2.25. The lowest BCUT2D eigenvalue weighted by atomic mass is 9.89. The first-order valence-corrected chi connectivity index (χ1v) is 11.0. The van der Waals surface area contributed by atoms with Crippen molar-refractivity contribution >= 4 is 17.7 Å². The smallest absolute Gasteiger partial charge is 0.433 e. The van der Waals surface area contributed by atoms with Gasteiger partial charge in [0, 0.05) is 18.3 Å². The average molecular weight is 511 g/mol. The predicted octanol–water partition coefficient (Wildman–Crippen LogP) is 6.86. The van der Waals surface area contributed by atoms with Crippen molar-refractivity contribution in [3.63, 3.8) is 0 Å². The molecule has 1 amide bonds. The van der Waals surface area contributed by atoms with Gasteiger partial charge in [0.2, 0.25) is 5.88 Å². The zero-order valence-electron chi connectivity index (χ0n) is 19.1. The largest absolute Gasteiger partial charge is 0.439 e. The van der Waals surface area contributed by atoms with Crippen molar-refractivity contribution in [2.75, 3.05) is 0 Å². The highest BCUT2D eigenvalue weighted by molar-refractivity contribution is 6.22. The van der Waals surface area contributed by atoms with Crippen molar-refractivity contribution in [1.82, 2.24) is 10.3 Å². The molecule has 0 unspecified atom stereocenters. The molecule has 1 heterocycles. The minimum absolute atomic E-state index is 0.0168. The van der Waals surface area contributed by atoms with Crippen LogP contribution in [0.3, 0.4) is 0 Å². The van der Waals surface area contributed by atoms with E-state index >= 15 is 0 Å². The van der Waals surface area contributed by atoms with Crippen LogP contribution in [-0.2, 0) is 11.0 Å². The highest BCUT2D eigenvalue weighted by Gasteiger charge is 2.39. The Morgan fingerprint density at radius 2 is 1.81 bits per heavy atom. The average Bonchev–Trinajstić information content (AvgIpc) is 2.80. The molecule has 5 nitrogen and oxygen atoms in total. The summed E-state index contributed by atoms with van der Waals surface area (Å²) in [4.78, 5) is 15.9. The number of aromatic nitrogens is 1. The van der Waals surface area contributed by atoms with Crippen molar-refractivity contribution in [3.8, 4) is 11.6 Å². The van der Waals surface area contributed by atoms with Crippen molar-refractivity contribution in [3.05, 3.63) is 70.9 Å². The molecule has 0 aliphatic heterocycles. The summed E-state index contributed by atoms with van der Waals surface area (Å²) in [7, 11) is 0. The summed E-state index contributed by atoms with van der Waals surface area (Å²) in [5, 5.41) is 9.79. The van der Waals surface area contributed by atoms with Crippen LogP contribution < -0.4 is 10.1 Å². The summed E-state index contributed by atoms with van der Waals surface area (Å²) < 4.78 is 81.9.